The van der Waals surface area contributed by atoms with E-state index >= 15 is 0 Å². The zero-order chi connectivity index (χ0) is 8.36. The van der Waals surface area contributed by atoms with Gasteiger partial charge in [-0.15, -0.1) is 0 Å². The Morgan fingerprint density at radius 3 is 2.10 bits per heavy atom. The van der Waals surface area contributed by atoms with Crippen LogP contribution in [0.3, 0.4) is 0 Å². The van der Waals surface area contributed by atoms with Gasteiger partial charge in [-0.25, -0.2) is 8.42 Å². The van der Waals surface area contributed by atoms with E-state index in [4.69, 9.17) is 0 Å². The lowest BCUT2D eigenvalue weighted by molar-refractivity contribution is 0.526. The highest BCUT2D eigenvalue weighted by atomic mass is 32.2. The number of hydrogen-bond acceptors (Lipinski definition) is 2. The fourth-order valence-electron chi connectivity index (χ4n) is 0.431. The van der Waals surface area contributed by atoms with Crippen LogP contribution in [0, 0.1) is 0 Å². The van der Waals surface area contributed by atoms with Crippen molar-refractivity contribution in [1.82, 2.24) is 4.31 Å². The minimum Gasteiger partial charge on any atom is -0.278 e. The summed E-state index contributed by atoms with van der Waals surface area (Å²) in [6, 6.07) is 0. The second-order valence-corrected chi connectivity index (χ2v) is 4.39. The van der Waals surface area contributed by atoms with Gasteiger partial charge in [0.25, 0.3) is 0 Å². The summed E-state index contributed by atoms with van der Waals surface area (Å²) >= 11 is 0. The van der Waals surface area contributed by atoms with Crippen molar-refractivity contribution in [3.63, 3.8) is 0 Å². The normalized spacial score (nSPS) is 11.1. The maximum absolute atomic E-state index is 11.0. The van der Waals surface area contributed by atoms with Gasteiger partial charge in [-0.1, -0.05) is 6.58 Å². The van der Waals surface area contributed by atoms with E-state index in [1.54, 1.807) is 13.8 Å². The third-order valence-electron chi connectivity index (χ3n) is 1.32. The molecule has 0 fully saturated rings. The first kappa shape index (κ1) is 9.49. The minimum absolute atomic E-state index is 0.121. The van der Waals surface area contributed by atoms with Crippen molar-refractivity contribution < 1.29 is 8.42 Å². The van der Waals surface area contributed by atoms with Gasteiger partial charge in [0.1, 0.15) is 0 Å². The van der Waals surface area contributed by atoms with E-state index in [1.807, 2.05) is 0 Å². The lowest BCUT2D eigenvalue weighted by atomic mass is 10.6. The van der Waals surface area contributed by atoms with Gasteiger partial charge in [-0.2, -0.15) is 0 Å². The Bertz CT molecular complexity index is 218. The van der Waals surface area contributed by atoms with Crippen molar-refractivity contribution in [2.24, 2.45) is 0 Å². The summed E-state index contributed by atoms with van der Waals surface area (Å²) in [4.78, 5) is 0. The molecule has 0 amide bonds. The van der Waals surface area contributed by atoms with E-state index in [9.17, 15) is 8.42 Å². The maximum atomic E-state index is 11.0. The van der Waals surface area contributed by atoms with Crippen LogP contribution >= 0.6 is 0 Å². The van der Waals surface area contributed by atoms with Crippen LogP contribution in [-0.2, 0) is 10.0 Å². The van der Waals surface area contributed by atoms with Gasteiger partial charge in [-0.3, -0.25) is 4.31 Å². The van der Waals surface area contributed by atoms with Crippen LogP contribution in [0.2, 0.25) is 0 Å². The molecule has 0 aliphatic heterocycles. The number of rotatable bonds is 3. The molecule has 0 saturated heterocycles. The summed E-state index contributed by atoms with van der Waals surface area (Å²) in [5, 5.41) is 0. The van der Waals surface area contributed by atoms with E-state index in [1.165, 1.54) is 11.4 Å². The summed E-state index contributed by atoms with van der Waals surface area (Å²) in [6.07, 6.45) is 0. The van der Waals surface area contributed by atoms with E-state index in [0.29, 0.717) is 5.70 Å². The molecule has 3 nitrogen and oxygen atoms in total. The van der Waals surface area contributed by atoms with Crippen molar-refractivity contribution in [2.45, 2.75) is 13.8 Å². The SMILES string of the molecule is C=C(C)N(C)S(=O)(=O)CC. The van der Waals surface area contributed by atoms with Gasteiger partial charge < -0.3 is 0 Å². The second kappa shape index (κ2) is 3.05. The first-order chi connectivity index (χ1) is 4.41. The molecule has 4 heteroatoms. The van der Waals surface area contributed by atoms with Crippen molar-refractivity contribution >= 4 is 10.0 Å². The van der Waals surface area contributed by atoms with E-state index in [0.717, 1.165) is 0 Å². The Balaban J connectivity index is 4.51. The summed E-state index contributed by atoms with van der Waals surface area (Å²) < 4.78 is 23.2. The monoisotopic (exact) mass is 163 g/mol. The Morgan fingerprint density at radius 1 is 1.60 bits per heavy atom. The Labute approximate surface area is 62.4 Å². The van der Waals surface area contributed by atoms with Gasteiger partial charge in [0.2, 0.25) is 10.0 Å². The molecule has 0 aliphatic rings. The van der Waals surface area contributed by atoms with Crippen LogP contribution in [0.4, 0.5) is 0 Å². The van der Waals surface area contributed by atoms with Crippen molar-refractivity contribution in [3.8, 4) is 0 Å². The number of allylic oxidation sites excluding steroid dienone is 1. The van der Waals surface area contributed by atoms with E-state index in [2.05, 4.69) is 6.58 Å². The van der Waals surface area contributed by atoms with Crippen LogP contribution in [0.15, 0.2) is 12.3 Å². The highest BCUT2D eigenvalue weighted by molar-refractivity contribution is 7.89. The molecule has 0 aromatic carbocycles. The van der Waals surface area contributed by atoms with Gasteiger partial charge in [0.05, 0.1) is 5.75 Å². The van der Waals surface area contributed by atoms with Crippen LogP contribution in [0.5, 0.6) is 0 Å². The third-order valence-corrected chi connectivity index (χ3v) is 3.20. The van der Waals surface area contributed by atoms with Crippen molar-refractivity contribution in [1.29, 1.82) is 0 Å². The quantitative estimate of drug-likeness (QED) is 0.617. The highest BCUT2D eigenvalue weighted by Gasteiger charge is 2.12. The molecule has 0 bridgehead atoms. The molecular weight excluding hydrogens is 150 g/mol. The molecule has 0 saturated carbocycles. The van der Waals surface area contributed by atoms with Gasteiger partial charge in [-0.05, 0) is 13.8 Å². The summed E-state index contributed by atoms with van der Waals surface area (Å²) in [5.74, 6) is 0.121. The molecule has 0 unspecified atom stereocenters. The summed E-state index contributed by atoms with van der Waals surface area (Å²) in [6.45, 7) is 6.78. The fraction of sp³-hybridized carbons (Fsp3) is 0.667. The predicted octanol–water partition coefficient (Wildman–Crippen LogP) is 0.801. The third kappa shape index (κ3) is 2.02. The van der Waals surface area contributed by atoms with E-state index in [-0.39, 0.29) is 5.75 Å². The Hall–Kier alpha value is -0.510. The molecule has 0 aromatic rings. The second-order valence-electron chi connectivity index (χ2n) is 2.10. The highest BCUT2D eigenvalue weighted by Crippen LogP contribution is 2.04. The summed E-state index contributed by atoms with van der Waals surface area (Å²) in [5.41, 5.74) is 0.543. The minimum atomic E-state index is -3.06. The molecule has 0 spiro atoms. The van der Waals surface area contributed by atoms with Gasteiger partial charge >= 0.3 is 0 Å². The van der Waals surface area contributed by atoms with E-state index < -0.39 is 10.0 Å². The topological polar surface area (TPSA) is 37.4 Å². The molecule has 0 rings (SSSR count). The van der Waals surface area contributed by atoms with Gasteiger partial charge in [0.15, 0.2) is 0 Å². The predicted molar refractivity (Wildman–Crippen MR) is 42.0 cm³/mol. The standard InChI is InChI=1S/C6H13NO2S/c1-5-10(8,9)7(4)6(2)3/h2,5H2,1,3-4H3. The number of hydrogen-bond donors (Lipinski definition) is 0. The number of sulfonamides is 1. The van der Waals surface area contributed by atoms with Crippen LogP contribution in [0.1, 0.15) is 13.8 Å². The fourth-order valence-corrected chi connectivity index (χ4v) is 1.29. The lowest BCUT2D eigenvalue weighted by Gasteiger charge is -2.17. The molecule has 0 atom stereocenters. The molecule has 10 heavy (non-hydrogen) atoms. The lowest BCUT2D eigenvalue weighted by Crippen LogP contribution is -2.25. The van der Waals surface area contributed by atoms with Gasteiger partial charge in [0, 0.05) is 12.7 Å². The maximum Gasteiger partial charge on any atom is 0.234 e. The van der Waals surface area contributed by atoms with Crippen molar-refractivity contribution in [2.75, 3.05) is 12.8 Å². The van der Waals surface area contributed by atoms with Crippen LogP contribution < -0.4 is 0 Å². The molecule has 0 aromatic heterocycles. The largest absolute Gasteiger partial charge is 0.278 e. The van der Waals surface area contributed by atoms with Crippen molar-refractivity contribution in [3.05, 3.63) is 12.3 Å². The molecule has 60 valence electrons. The first-order valence-corrected chi connectivity index (χ1v) is 4.65. The zero-order valence-electron chi connectivity index (χ0n) is 6.59. The average molecular weight is 163 g/mol. The average Bonchev–Trinajstić information content (AvgIpc) is 1.86. The number of nitrogens with zero attached hydrogens (tertiary/aromatic N) is 1. The molecule has 0 radical (unpaired) electrons. The smallest absolute Gasteiger partial charge is 0.234 e. The van der Waals surface area contributed by atoms with Crippen LogP contribution in [-0.4, -0.2) is 25.5 Å². The Morgan fingerprint density at radius 2 is 2.00 bits per heavy atom. The molecule has 0 aliphatic carbocycles. The zero-order valence-corrected chi connectivity index (χ0v) is 7.40. The first-order valence-electron chi connectivity index (χ1n) is 3.04. The molecule has 0 heterocycles. The molecular formula is C6H13NO2S. The van der Waals surface area contributed by atoms with Crippen LogP contribution in [0.25, 0.3) is 0 Å². The Kier molecular flexibility index (Phi) is 2.90. The molecule has 0 N–H and O–H groups in total. The summed E-state index contributed by atoms with van der Waals surface area (Å²) in [7, 11) is -1.56.